The predicted molar refractivity (Wildman–Crippen MR) is 186 cm³/mol. The molecule has 50 heavy (non-hydrogen) atoms. The number of para-hydroxylation sites is 1. The van der Waals surface area contributed by atoms with Gasteiger partial charge in [-0.25, -0.2) is 0 Å². The standard InChI is InChI=1S/C40H41N3O7/c1-25-13-12-14-26(2)35(25)42-22-11-5-10-19-32(45)49-24-29(27-15-6-3-7-16-27)41-37(46)33-31-20-21-40(50-31)34(33)38(47)43(36(40)39(42)48)30(23-44)28-17-8-4-9-18-28/h3-9,11-18,20-21,29-31,33-34,36,44H,10,19,22-24H2,1-2H3,(H,41,46)/b11-5-/t29-,30-,31-,33+,34+,36-,40+/m1/s1. The largest absolute Gasteiger partial charge is 0.463 e. The highest BCUT2D eigenvalue weighted by Crippen LogP contribution is 2.57. The van der Waals surface area contributed by atoms with Crippen LogP contribution in [-0.2, 0) is 28.7 Å². The number of ether oxygens (including phenoxy) is 2. The van der Waals surface area contributed by atoms with Crippen molar-refractivity contribution in [1.29, 1.82) is 0 Å². The molecule has 3 aromatic rings. The number of benzene rings is 3. The van der Waals surface area contributed by atoms with Crippen molar-refractivity contribution in [2.24, 2.45) is 11.8 Å². The lowest BCUT2D eigenvalue weighted by Gasteiger charge is -2.39. The number of anilines is 1. The number of carbonyl (C=O) groups excluding carboxylic acids is 4. The fraction of sp³-hybridized carbons (Fsp3) is 0.350. The molecule has 4 heterocycles. The third-order valence-corrected chi connectivity index (χ3v) is 10.4. The number of hydrogen-bond donors (Lipinski definition) is 2. The number of carbonyl (C=O) groups is 4. The number of nitrogens with zero attached hydrogens (tertiary/aromatic N) is 2. The molecule has 10 heteroatoms. The summed E-state index contributed by atoms with van der Waals surface area (Å²) in [5.41, 5.74) is 2.35. The van der Waals surface area contributed by atoms with Crippen molar-refractivity contribution in [3.63, 3.8) is 0 Å². The molecule has 0 saturated carbocycles. The number of nitrogens with one attached hydrogen (secondary N) is 1. The monoisotopic (exact) mass is 675 g/mol. The van der Waals surface area contributed by atoms with Crippen molar-refractivity contribution in [2.45, 2.75) is 56.5 Å². The van der Waals surface area contributed by atoms with E-state index < -0.39 is 72.0 Å². The number of likely N-dealkylation sites (tertiary alicyclic amines) is 1. The van der Waals surface area contributed by atoms with Gasteiger partial charge in [-0.15, -0.1) is 0 Å². The van der Waals surface area contributed by atoms with Crippen molar-refractivity contribution < 1.29 is 33.8 Å². The zero-order valence-corrected chi connectivity index (χ0v) is 28.1. The van der Waals surface area contributed by atoms with Crippen LogP contribution in [0.25, 0.3) is 0 Å². The molecule has 0 aliphatic carbocycles. The van der Waals surface area contributed by atoms with Crippen LogP contribution in [0.2, 0.25) is 0 Å². The third kappa shape index (κ3) is 5.72. The molecule has 258 valence electrons. The van der Waals surface area contributed by atoms with Gasteiger partial charge in [-0.05, 0) is 42.5 Å². The van der Waals surface area contributed by atoms with E-state index in [4.69, 9.17) is 9.47 Å². The van der Waals surface area contributed by atoms with Gasteiger partial charge in [0.2, 0.25) is 11.8 Å². The summed E-state index contributed by atoms with van der Waals surface area (Å²) in [6, 6.07) is 21.3. The van der Waals surface area contributed by atoms with Crippen LogP contribution in [0.4, 0.5) is 5.69 Å². The van der Waals surface area contributed by atoms with E-state index in [2.05, 4.69) is 5.32 Å². The smallest absolute Gasteiger partial charge is 0.306 e. The van der Waals surface area contributed by atoms with Crippen molar-refractivity contribution in [3.8, 4) is 0 Å². The highest BCUT2D eigenvalue weighted by atomic mass is 16.5. The molecule has 0 aromatic heterocycles. The fourth-order valence-electron chi connectivity index (χ4n) is 8.14. The second kappa shape index (κ2) is 13.7. The van der Waals surface area contributed by atoms with Crippen molar-refractivity contribution in [2.75, 3.05) is 24.7 Å². The molecule has 2 fully saturated rings. The van der Waals surface area contributed by atoms with Gasteiger partial charge in [0.25, 0.3) is 5.91 Å². The number of aliphatic hydroxyl groups is 1. The second-order valence-corrected chi connectivity index (χ2v) is 13.4. The number of aliphatic hydroxyl groups excluding tert-OH is 1. The van der Waals surface area contributed by atoms with Crippen LogP contribution < -0.4 is 10.2 Å². The van der Waals surface area contributed by atoms with E-state index in [0.29, 0.717) is 17.7 Å². The molecule has 1 spiro atoms. The Morgan fingerprint density at radius 3 is 2.30 bits per heavy atom. The molecule has 7 rings (SSSR count). The van der Waals surface area contributed by atoms with Crippen LogP contribution in [0.1, 0.15) is 47.2 Å². The first kappa shape index (κ1) is 33.4. The Balaban J connectivity index is 1.38. The maximum Gasteiger partial charge on any atom is 0.306 e. The Morgan fingerprint density at radius 1 is 0.900 bits per heavy atom. The summed E-state index contributed by atoms with van der Waals surface area (Å²) in [4.78, 5) is 60.6. The van der Waals surface area contributed by atoms with Gasteiger partial charge in [0.05, 0.1) is 36.6 Å². The third-order valence-electron chi connectivity index (χ3n) is 10.4. The molecule has 0 radical (unpaired) electrons. The van der Waals surface area contributed by atoms with E-state index in [1.165, 1.54) is 4.90 Å². The van der Waals surface area contributed by atoms with Crippen molar-refractivity contribution >= 4 is 29.4 Å². The maximum atomic E-state index is 15.3. The van der Waals surface area contributed by atoms with Gasteiger partial charge in [0, 0.05) is 18.7 Å². The van der Waals surface area contributed by atoms with Gasteiger partial charge in [0.1, 0.15) is 18.2 Å². The number of fused-ring (bicyclic) bond motifs is 2. The summed E-state index contributed by atoms with van der Waals surface area (Å²) < 4.78 is 12.3. The SMILES string of the molecule is Cc1cccc(C)c1N1C/C=C\CCC(=O)OC[C@H](c2ccccc2)NC(=O)[C@@H]2[C@H]3C(=O)N([C@H](CO)c4ccccc4)[C@H](C1=O)[C@]31C=C[C@H]2O1. The lowest BCUT2D eigenvalue weighted by atomic mass is 9.74. The van der Waals surface area contributed by atoms with E-state index in [1.54, 1.807) is 17.1 Å². The number of aryl methyl sites for hydroxylation is 2. The minimum absolute atomic E-state index is 0.0929. The van der Waals surface area contributed by atoms with Crippen LogP contribution in [0, 0.1) is 25.7 Å². The van der Waals surface area contributed by atoms with Crippen LogP contribution in [0.5, 0.6) is 0 Å². The number of amides is 3. The first-order chi connectivity index (χ1) is 24.2. The summed E-state index contributed by atoms with van der Waals surface area (Å²) in [5, 5.41) is 14.0. The van der Waals surface area contributed by atoms with Crippen LogP contribution >= 0.6 is 0 Å². The quantitative estimate of drug-likeness (QED) is 0.306. The molecular weight excluding hydrogens is 634 g/mol. The van der Waals surface area contributed by atoms with Crippen LogP contribution in [-0.4, -0.2) is 71.2 Å². The number of hydrogen-bond acceptors (Lipinski definition) is 7. The minimum Gasteiger partial charge on any atom is -0.463 e. The van der Waals surface area contributed by atoms with Gasteiger partial charge >= 0.3 is 5.97 Å². The molecule has 2 saturated heterocycles. The molecule has 5 bridgehead atoms. The van der Waals surface area contributed by atoms with E-state index in [0.717, 1.165) is 16.7 Å². The van der Waals surface area contributed by atoms with E-state index in [9.17, 15) is 19.5 Å². The summed E-state index contributed by atoms with van der Waals surface area (Å²) in [6.45, 7) is 3.47. The van der Waals surface area contributed by atoms with Crippen molar-refractivity contribution in [1.82, 2.24) is 10.2 Å². The zero-order chi connectivity index (χ0) is 35.0. The Bertz CT molecular complexity index is 1820. The van der Waals surface area contributed by atoms with E-state index in [1.807, 2.05) is 105 Å². The number of esters is 1. The first-order valence-corrected chi connectivity index (χ1v) is 17.1. The molecule has 10 nitrogen and oxygen atoms in total. The molecule has 4 aliphatic heterocycles. The molecule has 0 unspecified atom stereocenters. The molecule has 2 N–H and O–H groups in total. The van der Waals surface area contributed by atoms with Crippen LogP contribution in [0.3, 0.4) is 0 Å². The second-order valence-electron chi connectivity index (χ2n) is 13.4. The van der Waals surface area contributed by atoms with E-state index in [-0.39, 0.29) is 19.6 Å². The average Bonchev–Trinajstić information content (AvgIpc) is 3.77. The predicted octanol–water partition coefficient (Wildman–Crippen LogP) is 4.27. The Morgan fingerprint density at radius 2 is 1.60 bits per heavy atom. The summed E-state index contributed by atoms with van der Waals surface area (Å²) in [5.74, 6) is -3.73. The zero-order valence-electron chi connectivity index (χ0n) is 28.1. The van der Waals surface area contributed by atoms with E-state index >= 15 is 4.79 Å². The lowest BCUT2D eigenvalue weighted by molar-refractivity contribution is -0.146. The minimum atomic E-state index is -1.47. The topological polar surface area (TPSA) is 125 Å². The number of cyclic esters (lactones) is 1. The Kier molecular flexibility index (Phi) is 9.15. The van der Waals surface area contributed by atoms with Gasteiger partial charge in [0.15, 0.2) is 0 Å². The van der Waals surface area contributed by atoms with Gasteiger partial charge < -0.3 is 29.7 Å². The first-order valence-electron chi connectivity index (χ1n) is 17.1. The molecule has 4 aliphatic rings. The highest BCUT2D eigenvalue weighted by Gasteiger charge is 2.74. The molecule has 3 aromatic carbocycles. The normalized spacial score (nSPS) is 29.5. The fourth-order valence-corrected chi connectivity index (χ4v) is 8.14. The Labute approximate surface area is 291 Å². The van der Waals surface area contributed by atoms with Crippen molar-refractivity contribution in [3.05, 3.63) is 125 Å². The van der Waals surface area contributed by atoms with Gasteiger partial charge in [-0.2, -0.15) is 0 Å². The molecular formula is C40H41N3O7. The van der Waals surface area contributed by atoms with Crippen LogP contribution in [0.15, 0.2) is 103 Å². The average molecular weight is 676 g/mol. The molecule has 7 atom stereocenters. The summed E-state index contributed by atoms with van der Waals surface area (Å²) in [6.07, 6.45) is 6.96. The maximum absolute atomic E-state index is 15.3. The number of allylic oxidation sites excluding steroid dienone is 1. The van der Waals surface area contributed by atoms with Gasteiger partial charge in [-0.1, -0.05) is 103 Å². The highest BCUT2D eigenvalue weighted by molar-refractivity contribution is 6.06. The Hall–Kier alpha value is -5.06. The summed E-state index contributed by atoms with van der Waals surface area (Å²) in [7, 11) is 0. The molecule has 3 amide bonds. The lowest BCUT2D eigenvalue weighted by Crippen LogP contribution is -2.57. The van der Waals surface area contributed by atoms with Gasteiger partial charge in [-0.3, -0.25) is 19.2 Å². The summed E-state index contributed by atoms with van der Waals surface area (Å²) >= 11 is 0. The number of rotatable bonds is 5.